The van der Waals surface area contributed by atoms with E-state index in [4.69, 9.17) is 19.5 Å². The van der Waals surface area contributed by atoms with E-state index in [9.17, 15) is 9.59 Å². The van der Waals surface area contributed by atoms with Crippen molar-refractivity contribution in [1.29, 1.82) is 5.26 Å². The molecule has 8 nitrogen and oxygen atoms in total. The number of methoxy groups -OCH3 is 1. The molecule has 0 aromatic heterocycles. The maximum absolute atomic E-state index is 11.7. The number of hydrogen-bond donors (Lipinski definition) is 2. The van der Waals surface area contributed by atoms with Crippen molar-refractivity contribution >= 4 is 11.8 Å². The van der Waals surface area contributed by atoms with Crippen molar-refractivity contribution < 1.29 is 23.8 Å². The molecule has 0 spiro atoms. The number of nitrogens with zero attached hydrogens (tertiary/aromatic N) is 1. The van der Waals surface area contributed by atoms with Crippen molar-refractivity contribution in [3.05, 3.63) is 23.8 Å². The van der Waals surface area contributed by atoms with Gasteiger partial charge in [0.1, 0.15) is 0 Å². The fraction of sp³-hybridized carbons (Fsp3) is 0.438. The lowest BCUT2D eigenvalue weighted by Crippen LogP contribution is -2.39. The number of benzene rings is 1. The molecule has 2 N–H and O–H groups in total. The van der Waals surface area contributed by atoms with Gasteiger partial charge >= 0.3 is 0 Å². The monoisotopic (exact) mass is 335 g/mol. The third-order valence-electron chi connectivity index (χ3n) is 2.81. The van der Waals surface area contributed by atoms with E-state index in [2.05, 4.69) is 10.6 Å². The minimum atomic E-state index is -0.441. The second kappa shape index (κ2) is 10.9. The van der Waals surface area contributed by atoms with Crippen molar-refractivity contribution in [2.45, 2.75) is 6.92 Å². The molecule has 8 heteroatoms. The number of ether oxygens (including phenoxy) is 3. The summed E-state index contributed by atoms with van der Waals surface area (Å²) in [5.41, 5.74) is 0.433. The number of carbonyl (C=O) groups excluding carboxylic acids is 2. The molecule has 0 heterocycles. The minimum absolute atomic E-state index is 0.141. The van der Waals surface area contributed by atoms with Gasteiger partial charge < -0.3 is 24.8 Å². The molecule has 130 valence electrons. The van der Waals surface area contributed by atoms with Crippen LogP contribution in [0.3, 0.4) is 0 Å². The molecular weight excluding hydrogens is 314 g/mol. The third-order valence-corrected chi connectivity index (χ3v) is 2.81. The van der Waals surface area contributed by atoms with E-state index in [-0.39, 0.29) is 19.1 Å². The van der Waals surface area contributed by atoms with Crippen LogP contribution in [0.2, 0.25) is 0 Å². The van der Waals surface area contributed by atoms with Crippen LogP contribution in [0.15, 0.2) is 18.2 Å². The molecule has 1 rings (SSSR count). The largest absolute Gasteiger partial charge is 0.490 e. The van der Waals surface area contributed by atoms with Crippen LogP contribution in [0, 0.1) is 11.3 Å². The summed E-state index contributed by atoms with van der Waals surface area (Å²) in [7, 11) is 1.53. The number of nitriles is 1. The van der Waals surface area contributed by atoms with Crippen LogP contribution in [-0.2, 0) is 14.3 Å². The van der Waals surface area contributed by atoms with Crippen LogP contribution in [0.25, 0.3) is 0 Å². The van der Waals surface area contributed by atoms with Crippen LogP contribution >= 0.6 is 0 Å². The minimum Gasteiger partial charge on any atom is -0.490 e. The van der Waals surface area contributed by atoms with Gasteiger partial charge in [0, 0.05) is 19.7 Å². The predicted octanol–water partition coefficient (Wildman–Crippen LogP) is 0.215. The van der Waals surface area contributed by atoms with Crippen LogP contribution in [0.1, 0.15) is 12.5 Å². The van der Waals surface area contributed by atoms with E-state index >= 15 is 0 Å². The number of rotatable bonds is 10. The molecule has 0 radical (unpaired) electrons. The summed E-state index contributed by atoms with van der Waals surface area (Å²) in [5, 5.41) is 13.9. The lowest BCUT2D eigenvalue weighted by molar-refractivity contribution is -0.127. The van der Waals surface area contributed by atoms with Gasteiger partial charge in [-0.25, -0.2) is 0 Å². The first-order valence-corrected chi connectivity index (χ1v) is 7.42. The average Bonchev–Trinajstić information content (AvgIpc) is 2.59. The Labute approximate surface area is 140 Å². The maximum atomic E-state index is 11.7. The fourth-order valence-electron chi connectivity index (χ4n) is 1.69. The van der Waals surface area contributed by atoms with Crippen LogP contribution in [0.4, 0.5) is 0 Å². The topological polar surface area (TPSA) is 110 Å². The lowest BCUT2D eigenvalue weighted by Gasteiger charge is -2.12. The normalized spacial score (nSPS) is 9.71. The summed E-state index contributed by atoms with van der Waals surface area (Å²) in [6.45, 7) is 2.58. The smallest absolute Gasteiger partial charge is 0.258 e. The summed E-state index contributed by atoms with van der Waals surface area (Å²) in [5.74, 6) is -0.00492. The van der Waals surface area contributed by atoms with Crippen LogP contribution in [-0.4, -0.2) is 51.8 Å². The Morgan fingerprint density at radius 2 is 1.96 bits per heavy atom. The first-order valence-electron chi connectivity index (χ1n) is 7.42. The molecule has 0 unspecified atom stereocenters. The van der Waals surface area contributed by atoms with Crippen molar-refractivity contribution in [2.24, 2.45) is 0 Å². The van der Waals surface area contributed by atoms with Gasteiger partial charge in [0.05, 0.1) is 31.4 Å². The van der Waals surface area contributed by atoms with Gasteiger partial charge in [0.2, 0.25) is 5.91 Å². The Hall–Kier alpha value is -2.79. The van der Waals surface area contributed by atoms with Crippen molar-refractivity contribution in [1.82, 2.24) is 10.6 Å². The zero-order chi connectivity index (χ0) is 17.8. The predicted molar refractivity (Wildman–Crippen MR) is 85.7 cm³/mol. The molecular formula is C16H21N3O5. The molecule has 0 bridgehead atoms. The second-order valence-corrected chi connectivity index (χ2v) is 4.61. The fourth-order valence-corrected chi connectivity index (χ4v) is 1.69. The first kappa shape index (κ1) is 19.3. The molecule has 0 saturated heterocycles. The summed E-state index contributed by atoms with van der Waals surface area (Å²) in [6, 6.07) is 6.68. The highest BCUT2D eigenvalue weighted by atomic mass is 16.5. The zero-order valence-electron chi connectivity index (χ0n) is 13.8. The summed E-state index contributed by atoms with van der Waals surface area (Å²) in [4.78, 5) is 23.1. The average molecular weight is 335 g/mol. The van der Waals surface area contributed by atoms with E-state index in [1.165, 1.54) is 7.11 Å². The number of carbonyl (C=O) groups is 2. The lowest BCUT2D eigenvalue weighted by atomic mass is 10.2. The van der Waals surface area contributed by atoms with Crippen molar-refractivity contribution in [3.8, 4) is 17.6 Å². The Balaban J connectivity index is 2.44. The van der Waals surface area contributed by atoms with E-state index in [0.29, 0.717) is 36.8 Å². The molecule has 1 aromatic rings. The van der Waals surface area contributed by atoms with Crippen molar-refractivity contribution in [2.75, 3.05) is 40.0 Å². The van der Waals surface area contributed by atoms with Gasteiger partial charge in [-0.15, -0.1) is 0 Å². The van der Waals surface area contributed by atoms with E-state index in [1.807, 2.05) is 6.07 Å². The van der Waals surface area contributed by atoms with E-state index in [0.717, 1.165) is 0 Å². The van der Waals surface area contributed by atoms with Gasteiger partial charge in [-0.05, 0) is 19.1 Å². The highest BCUT2D eigenvalue weighted by molar-refractivity contribution is 5.85. The standard InChI is InChI=1S/C16H21N3O5/c1-3-23-14-8-12(9-17)4-5-13(14)24-11-16(21)19-10-15(20)18-6-7-22-2/h4-5,8H,3,6-7,10-11H2,1-2H3,(H,18,20)(H,19,21). The Morgan fingerprint density at radius 1 is 1.17 bits per heavy atom. The Kier molecular flexibility index (Phi) is 8.71. The van der Waals surface area contributed by atoms with Gasteiger partial charge in [-0.1, -0.05) is 0 Å². The molecule has 2 amide bonds. The highest BCUT2D eigenvalue weighted by Gasteiger charge is 2.10. The maximum Gasteiger partial charge on any atom is 0.258 e. The highest BCUT2D eigenvalue weighted by Crippen LogP contribution is 2.28. The van der Waals surface area contributed by atoms with Crippen LogP contribution in [0.5, 0.6) is 11.5 Å². The molecule has 1 aromatic carbocycles. The Bertz CT molecular complexity index is 598. The summed E-state index contributed by atoms with van der Waals surface area (Å²) in [6.07, 6.45) is 0. The Morgan fingerprint density at radius 3 is 2.62 bits per heavy atom. The SMILES string of the molecule is CCOc1cc(C#N)ccc1OCC(=O)NCC(=O)NCCOC. The number of hydrogen-bond acceptors (Lipinski definition) is 6. The van der Waals surface area contributed by atoms with Crippen LogP contribution < -0.4 is 20.1 Å². The molecule has 0 saturated carbocycles. The summed E-state index contributed by atoms with van der Waals surface area (Å²) >= 11 is 0. The molecule has 24 heavy (non-hydrogen) atoms. The van der Waals surface area contributed by atoms with Gasteiger partial charge in [0.15, 0.2) is 18.1 Å². The third kappa shape index (κ3) is 6.98. The molecule has 0 atom stereocenters. The molecule has 0 fully saturated rings. The molecule has 0 aliphatic rings. The molecule has 0 aliphatic carbocycles. The van der Waals surface area contributed by atoms with Gasteiger partial charge in [-0.2, -0.15) is 5.26 Å². The quantitative estimate of drug-likeness (QED) is 0.592. The van der Waals surface area contributed by atoms with E-state index < -0.39 is 5.91 Å². The van der Waals surface area contributed by atoms with Gasteiger partial charge in [-0.3, -0.25) is 9.59 Å². The number of nitrogens with one attached hydrogen (secondary N) is 2. The second-order valence-electron chi connectivity index (χ2n) is 4.61. The summed E-state index contributed by atoms with van der Waals surface area (Å²) < 4.78 is 15.6. The zero-order valence-corrected chi connectivity index (χ0v) is 13.8. The van der Waals surface area contributed by atoms with Gasteiger partial charge in [0.25, 0.3) is 5.91 Å². The van der Waals surface area contributed by atoms with Crippen molar-refractivity contribution in [3.63, 3.8) is 0 Å². The first-order chi connectivity index (χ1) is 11.6. The van der Waals surface area contributed by atoms with E-state index in [1.54, 1.807) is 25.1 Å². The number of amides is 2. The molecule has 0 aliphatic heterocycles.